The van der Waals surface area contributed by atoms with E-state index >= 15 is 0 Å². The molecule has 3 aromatic rings. The zero-order valence-corrected chi connectivity index (χ0v) is 12.7. The number of hydrogen-bond acceptors (Lipinski definition) is 4. The highest BCUT2D eigenvalue weighted by atomic mass is 35.5. The SMILES string of the molecule is CSc1ncc2cc(-c3cccc(C)c3)c(Cl)nc2n1. The smallest absolute Gasteiger partial charge is 0.189 e. The molecule has 0 N–H and O–H groups in total. The summed E-state index contributed by atoms with van der Waals surface area (Å²) < 4.78 is 0. The van der Waals surface area contributed by atoms with Gasteiger partial charge in [-0.25, -0.2) is 15.0 Å². The van der Waals surface area contributed by atoms with E-state index in [4.69, 9.17) is 11.6 Å². The fourth-order valence-corrected chi connectivity index (χ4v) is 2.62. The van der Waals surface area contributed by atoms with E-state index in [1.54, 1.807) is 6.20 Å². The highest BCUT2D eigenvalue weighted by molar-refractivity contribution is 7.98. The van der Waals surface area contributed by atoms with Gasteiger partial charge in [0.25, 0.3) is 0 Å². The molecule has 2 aromatic heterocycles. The van der Waals surface area contributed by atoms with Gasteiger partial charge in [-0.2, -0.15) is 0 Å². The number of benzene rings is 1. The Hall–Kier alpha value is -1.65. The first kappa shape index (κ1) is 13.3. The molecule has 0 fully saturated rings. The van der Waals surface area contributed by atoms with Gasteiger partial charge in [0.05, 0.1) is 0 Å². The van der Waals surface area contributed by atoms with Gasteiger partial charge in [-0.3, -0.25) is 0 Å². The molecule has 0 amide bonds. The lowest BCUT2D eigenvalue weighted by atomic mass is 10.0. The van der Waals surface area contributed by atoms with Crippen LogP contribution in [-0.2, 0) is 0 Å². The van der Waals surface area contributed by atoms with Crippen molar-refractivity contribution in [1.82, 2.24) is 15.0 Å². The molecule has 0 aliphatic rings. The fraction of sp³-hybridized carbons (Fsp3) is 0.133. The van der Waals surface area contributed by atoms with Crippen LogP contribution >= 0.6 is 23.4 Å². The van der Waals surface area contributed by atoms with Crippen molar-refractivity contribution < 1.29 is 0 Å². The molecule has 5 heteroatoms. The van der Waals surface area contributed by atoms with Crippen LogP contribution < -0.4 is 0 Å². The molecule has 3 rings (SSSR count). The van der Waals surface area contributed by atoms with Crippen molar-refractivity contribution in [3.05, 3.63) is 47.2 Å². The maximum absolute atomic E-state index is 6.31. The lowest BCUT2D eigenvalue weighted by Crippen LogP contribution is -1.92. The zero-order chi connectivity index (χ0) is 14.1. The molecule has 0 saturated heterocycles. The zero-order valence-electron chi connectivity index (χ0n) is 11.1. The van der Waals surface area contributed by atoms with Crippen LogP contribution in [0.3, 0.4) is 0 Å². The number of aryl methyl sites for hydroxylation is 1. The van der Waals surface area contributed by atoms with E-state index in [-0.39, 0.29) is 0 Å². The summed E-state index contributed by atoms with van der Waals surface area (Å²) in [4.78, 5) is 13.0. The lowest BCUT2D eigenvalue weighted by Gasteiger charge is -2.07. The highest BCUT2D eigenvalue weighted by Crippen LogP contribution is 2.30. The summed E-state index contributed by atoms with van der Waals surface area (Å²) >= 11 is 7.79. The summed E-state index contributed by atoms with van der Waals surface area (Å²) in [5.74, 6) is 0. The van der Waals surface area contributed by atoms with Gasteiger partial charge in [0.15, 0.2) is 10.8 Å². The van der Waals surface area contributed by atoms with Crippen LogP contribution in [0.4, 0.5) is 0 Å². The van der Waals surface area contributed by atoms with Crippen molar-refractivity contribution in [2.45, 2.75) is 12.1 Å². The second-order valence-electron chi connectivity index (χ2n) is 4.47. The molecule has 0 radical (unpaired) electrons. The van der Waals surface area contributed by atoms with Crippen LogP contribution in [0.1, 0.15) is 5.56 Å². The largest absolute Gasteiger partial charge is 0.230 e. The lowest BCUT2D eigenvalue weighted by molar-refractivity contribution is 0.992. The molecule has 20 heavy (non-hydrogen) atoms. The molecule has 0 unspecified atom stereocenters. The molecule has 0 saturated carbocycles. The molecule has 0 aliphatic carbocycles. The van der Waals surface area contributed by atoms with Crippen molar-refractivity contribution in [1.29, 1.82) is 0 Å². The summed E-state index contributed by atoms with van der Waals surface area (Å²) in [5.41, 5.74) is 3.78. The van der Waals surface area contributed by atoms with Crippen LogP contribution in [0.25, 0.3) is 22.2 Å². The van der Waals surface area contributed by atoms with Crippen molar-refractivity contribution >= 4 is 34.4 Å². The van der Waals surface area contributed by atoms with Crippen molar-refractivity contribution in [2.24, 2.45) is 0 Å². The first-order valence-corrected chi connectivity index (χ1v) is 7.72. The normalized spacial score (nSPS) is 10.9. The number of fused-ring (bicyclic) bond motifs is 1. The van der Waals surface area contributed by atoms with E-state index in [1.807, 2.05) is 24.5 Å². The Morgan fingerprint density at radius 2 is 2.00 bits per heavy atom. The maximum atomic E-state index is 6.31. The van der Waals surface area contributed by atoms with Gasteiger partial charge in [0, 0.05) is 17.1 Å². The van der Waals surface area contributed by atoms with Crippen LogP contribution in [0.2, 0.25) is 5.15 Å². The molecular weight excluding hydrogens is 290 g/mol. The first-order chi connectivity index (χ1) is 9.67. The van der Waals surface area contributed by atoms with Gasteiger partial charge in [-0.15, -0.1) is 0 Å². The van der Waals surface area contributed by atoms with E-state index in [0.29, 0.717) is 16.0 Å². The van der Waals surface area contributed by atoms with Crippen molar-refractivity contribution in [3.63, 3.8) is 0 Å². The third kappa shape index (κ3) is 2.49. The summed E-state index contributed by atoms with van der Waals surface area (Å²) in [6.07, 6.45) is 3.72. The minimum Gasteiger partial charge on any atom is -0.230 e. The Kier molecular flexibility index (Phi) is 3.59. The summed E-state index contributed by atoms with van der Waals surface area (Å²) in [5, 5.41) is 2.06. The third-order valence-corrected chi connectivity index (χ3v) is 3.86. The number of hydrogen-bond donors (Lipinski definition) is 0. The highest BCUT2D eigenvalue weighted by Gasteiger charge is 2.09. The van der Waals surface area contributed by atoms with Crippen LogP contribution in [-0.4, -0.2) is 21.2 Å². The van der Waals surface area contributed by atoms with Crippen LogP contribution in [0.15, 0.2) is 41.7 Å². The summed E-state index contributed by atoms with van der Waals surface area (Å²) in [6.45, 7) is 2.06. The Labute approximate surface area is 126 Å². The minimum atomic E-state index is 0.467. The number of aromatic nitrogens is 3. The van der Waals surface area contributed by atoms with Gasteiger partial charge in [-0.05, 0) is 24.8 Å². The number of rotatable bonds is 2. The predicted octanol–water partition coefficient (Wildman–Crippen LogP) is 4.38. The van der Waals surface area contributed by atoms with Gasteiger partial charge >= 0.3 is 0 Å². The molecule has 0 aliphatic heterocycles. The van der Waals surface area contributed by atoms with Gasteiger partial charge in [-0.1, -0.05) is 53.2 Å². The van der Waals surface area contributed by atoms with Crippen molar-refractivity contribution in [2.75, 3.05) is 6.26 Å². The number of halogens is 1. The topological polar surface area (TPSA) is 38.7 Å². The maximum Gasteiger partial charge on any atom is 0.189 e. The second-order valence-corrected chi connectivity index (χ2v) is 5.60. The second kappa shape index (κ2) is 5.38. The predicted molar refractivity (Wildman–Crippen MR) is 84.3 cm³/mol. The Morgan fingerprint density at radius 3 is 2.75 bits per heavy atom. The number of nitrogens with zero attached hydrogens (tertiary/aromatic N) is 3. The van der Waals surface area contributed by atoms with Gasteiger partial charge in [0.1, 0.15) is 5.15 Å². The van der Waals surface area contributed by atoms with E-state index in [1.165, 1.54) is 17.3 Å². The molecule has 0 bridgehead atoms. The minimum absolute atomic E-state index is 0.467. The van der Waals surface area contributed by atoms with E-state index in [9.17, 15) is 0 Å². The monoisotopic (exact) mass is 301 g/mol. The molecule has 0 spiro atoms. The molecule has 100 valence electrons. The molecule has 2 heterocycles. The van der Waals surface area contributed by atoms with Crippen molar-refractivity contribution in [3.8, 4) is 11.1 Å². The summed E-state index contributed by atoms with van der Waals surface area (Å²) in [6, 6.07) is 10.2. The fourth-order valence-electron chi connectivity index (χ4n) is 2.04. The third-order valence-electron chi connectivity index (χ3n) is 3.01. The Bertz CT molecular complexity index is 789. The Morgan fingerprint density at radius 1 is 1.15 bits per heavy atom. The average molecular weight is 302 g/mol. The summed E-state index contributed by atoms with van der Waals surface area (Å²) in [7, 11) is 0. The van der Waals surface area contributed by atoms with Crippen LogP contribution in [0, 0.1) is 6.92 Å². The van der Waals surface area contributed by atoms with Gasteiger partial charge < -0.3 is 0 Å². The first-order valence-electron chi connectivity index (χ1n) is 6.11. The number of pyridine rings is 1. The van der Waals surface area contributed by atoms with E-state index in [2.05, 4.69) is 34.0 Å². The number of thioether (sulfide) groups is 1. The molecule has 3 nitrogen and oxygen atoms in total. The van der Waals surface area contributed by atoms with E-state index < -0.39 is 0 Å². The van der Waals surface area contributed by atoms with E-state index in [0.717, 1.165) is 16.5 Å². The average Bonchev–Trinajstić information content (AvgIpc) is 2.46. The Balaban J connectivity index is 2.20. The molecule has 1 aromatic carbocycles. The molecule has 0 atom stereocenters. The standard InChI is InChI=1S/C15H12ClN3S/c1-9-4-3-5-10(6-9)12-7-11-8-17-15(20-2)19-14(11)18-13(12)16/h3-8H,1-2H3. The quantitative estimate of drug-likeness (QED) is 0.400. The van der Waals surface area contributed by atoms with Crippen LogP contribution in [0.5, 0.6) is 0 Å². The molecular formula is C15H12ClN3S. The van der Waals surface area contributed by atoms with Gasteiger partial charge in [0.2, 0.25) is 0 Å².